The maximum absolute atomic E-state index is 12.9. The predicted octanol–water partition coefficient (Wildman–Crippen LogP) is 7.55. The third kappa shape index (κ3) is 7.72. The summed E-state index contributed by atoms with van der Waals surface area (Å²) in [6.07, 6.45) is 0. The molecule has 1 heterocycles. The number of hydrogen-bond acceptors (Lipinski definition) is 7. The maximum atomic E-state index is 12.9. The molecular formula is C34H28N2O5S3. The normalized spacial score (nSPS) is 11.1. The first-order chi connectivity index (χ1) is 21.2. The molecule has 6 rings (SSSR count). The van der Waals surface area contributed by atoms with Crippen LogP contribution in [0.15, 0.2) is 147 Å². The number of rotatable bonds is 7. The third-order valence-electron chi connectivity index (χ3n) is 6.44. The van der Waals surface area contributed by atoms with E-state index in [1.165, 1.54) is 33.3 Å². The number of amides is 1. The van der Waals surface area contributed by atoms with Gasteiger partial charge in [0.15, 0.2) is 19.8 Å². The number of hydrogen-bond donors (Lipinski definition) is 1. The van der Waals surface area contributed by atoms with Crippen molar-refractivity contribution < 1.29 is 22.5 Å². The lowest BCUT2D eigenvalue weighted by molar-refractivity contribution is 0.102. The number of anilines is 1. The number of fused-ring (bicyclic) bond motifs is 1. The van der Waals surface area contributed by atoms with Gasteiger partial charge in [-0.25, -0.2) is 13.4 Å². The van der Waals surface area contributed by atoms with Crippen molar-refractivity contribution in [2.24, 2.45) is 0 Å². The summed E-state index contributed by atoms with van der Waals surface area (Å²) >= 11 is 1.43. The highest BCUT2D eigenvalue weighted by atomic mass is 32.2. The van der Waals surface area contributed by atoms with Crippen molar-refractivity contribution in [3.8, 4) is 5.75 Å². The van der Waals surface area contributed by atoms with Crippen LogP contribution in [0.3, 0.4) is 0 Å². The van der Waals surface area contributed by atoms with E-state index >= 15 is 0 Å². The topological polar surface area (TPSA) is 108 Å². The minimum atomic E-state index is -4.27. The van der Waals surface area contributed by atoms with Gasteiger partial charge in [-0.3, -0.25) is 10.1 Å². The highest BCUT2D eigenvalue weighted by Gasteiger charge is 2.28. The molecule has 222 valence electrons. The van der Waals surface area contributed by atoms with Gasteiger partial charge < -0.3 is 9.29 Å². The molecule has 0 fully saturated rings. The van der Waals surface area contributed by atoms with Crippen molar-refractivity contribution in [3.63, 3.8) is 0 Å². The van der Waals surface area contributed by atoms with E-state index in [9.17, 15) is 17.8 Å². The molecule has 7 nitrogen and oxygen atoms in total. The van der Waals surface area contributed by atoms with E-state index in [4.69, 9.17) is 4.74 Å². The fourth-order valence-electron chi connectivity index (χ4n) is 4.22. The number of carbonyl (C=O) groups excluding carboxylic acids is 1. The largest absolute Gasteiger partial charge is 0.744 e. The van der Waals surface area contributed by atoms with Crippen LogP contribution < -0.4 is 10.1 Å². The number of nitrogens with one attached hydrogen (secondary N) is 1. The molecule has 0 bridgehead atoms. The van der Waals surface area contributed by atoms with Gasteiger partial charge in [-0.2, -0.15) is 0 Å². The Morgan fingerprint density at radius 3 is 1.91 bits per heavy atom. The van der Waals surface area contributed by atoms with Crippen LogP contribution >= 0.6 is 11.3 Å². The molecule has 0 saturated carbocycles. The van der Waals surface area contributed by atoms with Crippen LogP contribution in [0, 0.1) is 6.92 Å². The van der Waals surface area contributed by atoms with Crippen molar-refractivity contribution >= 4 is 53.6 Å². The molecule has 5 aromatic carbocycles. The Morgan fingerprint density at radius 2 is 1.36 bits per heavy atom. The van der Waals surface area contributed by atoms with Gasteiger partial charge in [-0.15, -0.1) is 0 Å². The molecule has 0 aliphatic rings. The lowest BCUT2D eigenvalue weighted by Gasteiger charge is -2.08. The van der Waals surface area contributed by atoms with Gasteiger partial charge in [0, 0.05) is 5.56 Å². The van der Waals surface area contributed by atoms with Gasteiger partial charge in [0.1, 0.15) is 15.9 Å². The van der Waals surface area contributed by atoms with Crippen LogP contribution in [0.25, 0.3) is 10.2 Å². The summed E-state index contributed by atoms with van der Waals surface area (Å²) in [6.45, 7) is 1.82. The van der Waals surface area contributed by atoms with Crippen LogP contribution in [0.1, 0.15) is 15.9 Å². The number of methoxy groups -OCH3 is 1. The summed E-state index contributed by atoms with van der Waals surface area (Å²) in [7, 11) is -2.88. The van der Waals surface area contributed by atoms with E-state index in [1.54, 1.807) is 19.2 Å². The molecule has 0 radical (unpaired) electrons. The molecular weight excluding hydrogens is 613 g/mol. The van der Waals surface area contributed by atoms with Crippen molar-refractivity contribution in [1.82, 2.24) is 4.98 Å². The van der Waals surface area contributed by atoms with Crippen molar-refractivity contribution in [2.75, 3.05) is 12.4 Å². The Labute approximate surface area is 263 Å². The van der Waals surface area contributed by atoms with E-state index in [2.05, 4.69) is 58.8 Å². The zero-order valence-electron chi connectivity index (χ0n) is 23.8. The molecule has 44 heavy (non-hydrogen) atoms. The second kappa shape index (κ2) is 13.9. The van der Waals surface area contributed by atoms with Crippen molar-refractivity contribution in [3.05, 3.63) is 139 Å². The highest BCUT2D eigenvalue weighted by molar-refractivity contribution is 7.97. The minimum Gasteiger partial charge on any atom is -0.744 e. The number of ether oxygens (including phenoxy) is 1. The molecule has 1 aromatic heterocycles. The van der Waals surface area contributed by atoms with Gasteiger partial charge in [-0.1, -0.05) is 65.4 Å². The summed E-state index contributed by atoms with van der Waals surface area (Å²) in [4.78, 5) is 20.8. The molecule has 0 aliphatic carbocycles. The second-order valence-electron chi connectivity index (χ2n) is 9.53. The molecule has 6 aromatic rings. The molecule has 1 amide bonds. The number of thiazole rings is 1. The average molecular weight is 641 g/mol. The van der Waals surface area contributed by atoms with E-state index in [-0.39, 0.29) is 21.7 Å². The lowest BCUT2D eigenvalue weighted by Crippen LogP contribution is -2.12. The van der Waals surface area contributed by atoms with Crippen molar-refractivity contribution in [2.45, 2.75) is 26.5 Å². The first kappa shape index (κ1) is 31.0. The van der Waals surface area contributed by atoms with Gasteiger partial charge in [0.05, 0.1) is 33.1 Å². The van der Waals surface area contributed by atoms with Crippen LogP contribution in [-0.4, -0.2) is 31.0 Å². The highest BCUT2D eigenvalue weighted by Crippen LogP contribution is 2.32. The monoisotopic (exact) mass is 640 g/mol. The molecule has 10 heteroatoms. The zero-order chi connectivity index (χ0) is 31.1. The second-order valence-corrected chi connectivity index (χ2v) is 14.0. The van der Waals surface area contributed by atoms with E-state index in [1.807, 2.05) is 61.5 Å². The fraction of sp³-hybridized carbons (Fsp3) is 0.0588. The number of aryl methyl sites for hydroxylation is 1. The Bertz CT molecular complexity index is 1920. The number of benzene rings is 5. The van der Waals surface area contributed by atoms with Crippen LogP contribution in [-0.2, 0) is 21.0 Å². The van der Waals surface area contributed by atoms with Gasteiger partial charge in [0.25, 0.3) is 5.91 Å². The molecule has 0 aliphatic heterocycles. The lowest BCUT2D eigenvalue weighted by atomic mass is 10.2. The maximum Gasteiger partial charge on any atom is 0.257 e. The standard InChI is InChI=1S/C27H20N2O2S2.C7H8O3S/c1-31-20-14-17-24-25(18-20)32-27(28-24)29-26(30)19-12-15-23(16-13-19)33(21-8-4-2-5-9-21)22-10-6-3-7-11-22;1-6-2-4-7(5-3-6)11(8,9)10/h2-18H,1H3;2-5H,1H3,(H,8,9,10). The summed E-state index contributed by atoms with van der Waals surface area (Å²) in [5.74, 6) is 0.596. The van der Waals surface area contributed by atoms with E-state index in [0.29, 0.717) is 10.7 Å². The van der Waals surface area contributed by atoms with E-state index < -0.39 is 10.1 Å². The molecule has 0 saturated heterocycles. The Balaban J connectivity index is 0.000000296. The van der Waals surface area contributed by atoms with Crippen LogP contribution in [0.5, 0.6) is 5.75 Å². The van der Waals surface area contributed by atoms with E-state index in [0.717, 1.165) is 26.4 Å². The summed E-state index contributed by atoms with van der Waals surface area (Å²) in [5, 5.41) is 3.50. The number of nitrogens with zero attached hydrogens (tertiary/aromatic N) is 1. The third-order valence-corrected chi connectivity index (χ3v) is 10.4. The number of aromatic nitrogens is 1. The smallest absolute Gasteiger partial charge is 0.257 e. The molecule has 0 spiro atoms. The quantitative estimate of drug-likeness (QED) is 0.143. The molecule has 0 unspecified atom stereocenters. The number of carbonyl (C=O) groups is 1. The first-order valence-corrected chi connectivity index (χ1v) is 16.9. The summed E-state index contributed by atoms with van der Waals surface area (Å²) in [5.41, 5.74) is 2.36. The SMILES string of the molecule is COc1ccc2nc(NC(=O)c3ccc([S+](c4ccccc4)c4ccccc4)cc3)sc2c1.Cc1ccc(S(=O)(=O)[O-])cc1. The zero-order valence-corrected chi connectivity index (χ0v) is 26.3. The average Bonchev–Trinajstić information content (AvgIpc) is 3.44. The van der Waals surface area contributed by atoms with Crippen LogP contribution in [0.4, 0.5) is 5.13 Å². The minimum absolute atomic E-state index is 0.174. The van der Waals surface area contributed by atoms with Crippen molar-refractivity contribution in [1.29, 1.82) is 0 Å². The Hall–Kier alpha value is -4.48. The fourth-order valence-corrected chi connectivity index (χ4v) is 7.67. The summed E-state index contributed by atoms with van der Waals surface area (Å²) in [6, 6.07) is 40.2. The van der Waals surface area contributed by atoms with Gasteiger partial charge in [0.2, 0.25) is 0 Å². The Morgan fingerprint density at radius 1 is 0.795 bits per heavy atom. The predicted molar refractivity (Wildman–Crippen MR) is 175 cm³/mol. The van der Waals surface area contributed by atoms with Crippen LogP contribution in [0.2, 0.25) is 0 Å². The molecule has 0 atom stereocenters. The van der Waals surface area contributed by atoms with Gasteiger partial charge in [-0.05, 0) is 85.8 Å². The summed E-state index contributed by atoms with van der Waals surface area (Å²) < 4.78 is 37.4. The first-order valence-electron chi connectivity index (χ1n) is 13.4. The van der Waals surface area contributed by atoms with Gasteiger partial charge >= 0.3 is 0 Å². The molecule has 1 N–H and O–H groups in total. The Kier molecular flexibility index (Phi) is 9.76.